The second-order valence-electron chi connectivity index (χ2n) is 8.48. The molecule has 2 saturated heterocycles. The molecular formula is C20H30N4O. The smallest absolute Gasteiger partial charge is 0.238 e. The number of hydrazine groups is 1. The highest BCUT2D eigenvalue weighted by atomic mass is 16.2. The van der Waals surface area contributed by atoms with Crippen LogP contribution in [0.3, 0.4) is 0 Å². The topological polar surface area (TPSA) is 65.2 Å². The summed E-state index contributed by atoms with van der Waals surface area (Å²) < 4.78 is 0. The van der Waals surface area contributed by atoms with E-state index in [4.69, 9.17) is 0 Å². The number of fused-ring (bicyclic) bond motifs is 2. The molecule has 1 aromatic carbocycles. The van der Waals surface area contributed by atoms with Gasteiger partial charge >= 0.3 is 0 Å². The zero-order chi connectivity index (χ0) is 17.4. The highest BCUT2D eigenvalue weighted by Gasteiger charge is 2.41. The van der Waals surface area contributed by atoms with Gasteiger partial charge in [0, 0.05) is 31.0 Å². The van der Waals surface area contributed by atoms with E-state index in [9.17, 15) is 4.79 Å². The van der Waals surface area contributed by atoms with Gasteiger partial charge in [-0.1, -0.05) is 38.1 Å². The summed E-state index contributed by atoms with van der Waals surface area (Å²) >= 11 is 0. The molecule has 0 saturated carbocycles. The Balaban J connectivity index is 1.41. The molecule has 4 unspecified atom stereocenters. The van der Waals surface area contributed by atoms with E-state index >= 15 is 0 Å². The Morgan fingerprint density at radius 1 is 1.24 bits per heavy atom. The fourth-order valence-corrected chi connectivity index (χ4v) is 4.82. The largest absolute Gasteiger partial charge is 0.354 e. The maximum absolute atomic E-state index is 12.7. The van der Waals surface area contributed by atoms with E-state index < -0.39 is 0 Å². The second kappa shape index (κ2) is 6.71. The molecule has 25 heavy (non-hydrogen) atoms. The van der Waals surface area contributed by atoms with Crippen LogP contribution in [0.15, 0.2) is 24.3 Å². The van der Waals surface area contributed by atoms with Crippen LogP contribution in [0.1, 0.15) is 50.2 Å². The van der Waals surface area contributed by atoms with Gasteiger partial charge in [0.1, 0.15) is 6.04 Å². The third-order valence-electron chi connectivity index (χ3n) is 6.43. The van der Waals surface area contributed by atoms with Gasteiger partial charge in [-0.25, -0.2) is 5.43 Å². The number of amides is 1. The first-order chi connectivity index (χ1) is 12.1. The molecule has 3 aliphatic rings. The van der Waals surface area contributed by atoms with E-state index in [1.165, 1.54) is 17.5 Å². The van der Waals surface area contributed by atoms with Crippen molar-refractivity contribution in [3.63, 3.8) is 0 Å². The SMILES string of the molecule is CC1(C)CCC(CNC(=O)C2NNC3CCNCC32)c2ccccc21. The minimum absolute atomic E-state index is 0.131. The Kier molecular flexibility index (Phi) is 4.56. The Hall–Kier alpha value is -1.43. The van der Waals surface area contributed by atoms with Crippen LogP contribution in [0.4, 0.5) is 0 Å². The molecule has 1 aliphatic carbocycles. The van der Waals surface area contributed by atoms with Crippen molar-refractivity contribution in [3.8, 4) is 0 Å². The van der Waals surface area contributed by atoms with Crippen molar-refractivity contribution in [1.29, 1.82) is 0 Å². The molecule has 0 aromatic heterocycles. The van der Waals surface area contributed by atoms with Gasteiger partial charge in [-0.05, 0) is 42.3 Å². The highest BCUT2D eigenvalue weighted by molar-refractivity contribution is 5.82. The number of hydrogen-bond acceptors (Lipinski definition) is 4. The van der Waals surface area contributed by atoms with Crippen LogP contribution in [0.25, 0.3) is 0 Å². The molecule has 4 N–H and O–H groups in total. The standard InChI is InChI=1S/C20H30N4O/c1-20(2)9-7-13(14-5-3-4-6-16(14)20)11-22-19(25)18-15-12-21-10-8-17(15)23-24-18/h3-6,13,15,17-18,21,23-24H,7-12H2,1-2H3,(H,22,25). The lowest BCUT2D eigenvalue weighted by Gasteiger charge is -2.37. The molecule has 1 aromatic rings. The molecule has 0 radical (unpaired) electrons. The van der Waals surface area contributed by atoms with Crippen molar-refractivity contribution in [2.75, 3.05) is 19.6 Å². The van der Waals surface area contributed by atoms with Crippen LogP contribution < -0.4 is 21.5 Å². The zero-order valence-corrected chi connectivity index (χ0v) is 15.3. The van der Waals surface area contributed by atoms with Gasteiger partial charge in [0.05, 0.1) is 0 Å². The van der Waals surface area contributed by atoms with E-state index in [0.29, 0.717) is 17.9 Å². The lowest BCUT2D eigenvalue weighted by atomic mass is 9.69. The van der Waals surface area contributed by atoms with E-state index in [1.807, 2.05) is 0 Å². The van der Waals surface area contributed by atoms with E-state index in [1.54, 1.807) is 0 Å². The van der Waals surface area contributed by atoms with Crippen LogP contribution in [-0.4, -0.2) is 37.6 Å². The van der Waals surface area contributed by atoms with Gasteiger partial charge in [-0.3, -0.25) is 10.2 Å². The summed E-state index contributed by atoms with van der Waals surface area (Å²) in [6.45, 7) is 7.31. The van der Waals surface area contributed by atoms with Crippen molar-refractivity contribution >= 4 is 5.91 Å². The molecule has 2 fully saturated rings. The fourth-order valence-electron chi connectivity index (χ4n) is 4.82. The Morgan fingerprint density at radius 3 is 2.96 bits per heavy atom. The van der Waals surface area contributed by atoms with Crippen molar-refractivity contribution in [3.05, 3.63) is 35.4 Å². The molecule has 136 valence electrons. The lowest BCUT2D eigenvalue weighted by molar-refractivity contribution is -0.123. The third-order valence-corrected chi connectivity index (χ3v) is 6.43. The van der Waals surface area contributed by atoms with E-state index in [2.05, 4.69) is 59.6 Å². The normalized spacial score (nSPS) is 33.4. The van der Waals surface area contributed by atoms with Crippen molar-refractivity contribution in [2.45, 2.75) is 56.5 Å². The summed E-state index contributed by atoms with van der Waals surface area (Å²) in [5.74, 6) is 0.889. The maximum atomic E-state index is 12.7. The van der Waals surface area contributed by atoms with Crippen LogP contribution in [0.2, 0.25) is 0 Å². The molecule has 5 nitrogen and oxygen atoms in total. The Labute approximate surface area is 150 Å². The van der Waals surface area contributed by atoms with E-state index in [-0.39, 0.29) is 17.4 Å². The fraction of sp³-hybridized carbons (Fsp3) is 0.650. The predicted molar refractivity (Wildman–Crippen MR) is 99.3 cm³/mol. The summed E-state index contributed by atoms with van der Waals surface area (Å²) in [4.78, 5) is 12.7. The molecule has 2 aliphatic heterocycles. The minimum atomic E-state index is -0.131. The van der Waals surface area contributed by atoms with Gasteiger partial charge in [0.2, 0.25) is 5.91 Å². The van der Waals surface area contributed by atoms with Crippen molar-refractivity contribution in [1.82, 2.24) is 21.5 Å². The van der Waals surface area contributed by atoms with E-state index in [0.717, 1.165) is 32.5 Å². The zero-order valence-electron chi connectivity index (χ0n) is 15.3. The van der Waals surface area contributed by atoms with Crippen LogP contribution in [0, 0.1) is 5.92 Å². The van der Waals surface area contributed by atoms with Crippen LogP contribution in [-0.2, 0) is 10.2 Å². The number of carbonyl (C=O) groups excluding carboxylic acids is 1. The first kappa shape index (κ1) is 17.0. The monoisotopic (exact) mass is 342 g/mol. The average molecular weight is 342 g/mol. The van der Waals surface area contributed by atoms with Gasteiger partial charge in [-0.15, -0.1) is 0 Å². The second-order valence-corrected chi connectivity index (χ2v) is 8.48. The average Bonchev–Trinajstić information content (AvgIpc) is 3.05. The number of nitrogens with one attached hydrogen (secondary N) is 4. The summed E-state index contributed by atoms with van der Waals surface area (Å²) in [7, 11) is 0. The summed E-state index contributed by atoms with van der Waals surface area (Å²) in [6.07, 6.45) is 3.38. The molecule has 0 bridgehead atoms. The quantitative estimate of drug-likeness (QED) is 0.671. The predicted octanol–water partition coefficient (Wildman–Crippen LogP) is 1.41. The van der Waals surface area contributed by atoms with Crippen molar-refractivity contribution < 1.29 is 4.79 Å². The number of rotatable bonds is 3. The molecule has 0 spiro atoms. The number of carbonyl (C=O) groups is 1. The molecule has 5 heteroatoms. The first-order valence-electron chi connectivity index (χ1n) is 9.65. The molecular weight excluding hydrogens is 312 g/mol. The third kappa shape index (κ3) is 3.21. The highest BCUT2D eigenvalue weighted by Crippen LogP contribution is 2.42. The maximum Gasteiger partial charge on any atom is 0.238 e. The van der Waals surface area contributed by atoms with Crippen molar-refractivity contribution in [2.24, 2.45) is 5.92 Å². The first-order valence-corrected chi connectivity index (χ1v) is 9.65. The van der Waals surface area contributed by atoms with Gasteiger partial charge in [-0.2, -0.15) is 0 Å². The van der Waals surface area contributed by atoms with Gasteiger partial charge < -0.3 is 10.6 Å². The molecule has 2 heterocycles. The molecule has 1 amide bonds. The molecule has 4 atom stereocenters. The number of piperidine rings is 1. The minimum Gasteiger partial charge on any atom is -0.354 e. The number of benzene rings is 1. The van der Waals surface area contributed by atoms with Gasteiger partial charge in [0.15, 0.2) is 0 Å². The lowest BCUT2D eigenvalue weighted by Crippen LogP contribution is -2.50. The Bertz CT molecular complexity index is 644. The Morgan fingerprint density at radius 2 is 2.08 bits per heavy atom. The number of hydrogen-bond donors (Lipinski definition) is 4. The summed E-state index contributed by atoms with van der Waals surface area (Å²) in [5, 5.41) is 6.63. The van der Waals surface area contributed by atoms with Crippen LogP contribution >= 0.6 is 0 Å². The summed E-state index contributed by atoms with van der Waals surface area (Å²) in [6, 6.07) is 9.02. The summed E-state index contributed by atoms with van der Waals surface area (Å²) in [5.41, 5.74) is 9.60. The van der Waals surface area contributed by atoms with Gasteiger partial charge in [0.25, 0.3) is 0 Å². The van der Waals surface area contributed by atoms with Crippen LogP contribution in [0.5, 0.6) is 0 Å². The molecule has 4 rings (SSSR count).